The Kier molecular flexibility index (Phi) is 4.10. The topological polar surface area (TPSA) is 24.5 Å². The number of nitrogens with zero attached hydrogens (tertiary/aromatic N) is 1. The molecule has 2 aliphatic rings. The van der Waals surface area contributed by atoms with Gasteiger partial charge in [0.15, 0.2) is 0 Å². The first kappa shape index (κ1) is 16.0. The third-order valence-electron chi connectivity index (χ3n) is 5.05. The molecule has 0 radical (unpaired) electrons. The van der Waals surface area contributed by atoms with Gasteiger partial charge in [0.1, 0.15) is 5.75 Å². The highest BCUT2D eigenvalue weighted by Gasteiger charge is 2.20. The Labute approximate surface area is 149 Å². The summed E-state index contributed by atoms with van der Waals surface area (Å²) in [6.45, 7) is 4.24. The third-order valence-corrected chi connectivity index (χ3v) is 5.05. The van der Waals surface area contributed by atoms with Gasteiger partial charge in [0.2, 0.25) is 0 Å². The summed E-state index contributed by atoms with van der Waals surface area (Å²) in [5.41, 5.74) is 8.74. The van der Waals surface area contributed by atoms with E-state index < -0.39 is 0 Å². The highest BCUT2D eigenvalue weighted by Crippen LogP contribution is 2.41. The lowest BCUT2D eigenvalue weighted by Gasteiger charge is -2.24. The molecule has 3 heteroatoms. The minimum absolute atomic E-state index is 0.891. The smallest absolute Gasteiger partial charge is 0.119 e. The van der Waals surface area contributed by atoms with Gasteiger partial charge >= 0.3 is 0 Å². The number of rotatable bonds is 2. The fourth-order valence-corrected chi connectivity index (χ4v) is 3.56. The molecule has 0 unspecified atom stereocenters. The van der Waals surface area contributed by atoms with Crippen molar-refractivity contribution in [1.29, 1.82) is 0 Å². The molecule has 0 bridgehead atoms. The van der Waals surface area contributed by atoms with E-state index >= 15 is 0 Å². The van der Waals surface area contributed by atoms with E-state index in [-0.39, 0.29) is 0 Å². The molecular weight excluding hydrogens is 308 g/mol. The van der Waals surface area contributed by atoms with Gasteiger partial charge in [0.25, 0.3) is 0 Å². The van der Waals surface area contributed by atoms with Gasteiger partial charge in [-0.15, -0.1) is 0 Å². The van der Waals surface area contributed by atoms with Crippen molar-refractivity contribution in [2.75, 3.05) is 32.6 Å². The Morgan fingerprint density at radius 2 is 1.92 bits per heavy atom. The number of allylic oxidation sites excluding steroid dienone is 1. The van der Waals surface area contributed by atoms with Crippen LogP contribution < -0.4 is 10.1 Å². The van der Waals surface area contributed by atoms with Crippen molar-refractivity contribution in [1.82, 2.24) is 4.90 Å². The Bertz CT molecular complexity index is 880. The fraction of sp³-hybridized carbons (Fsp3) is 0.273. The summed E-state index contributed by atoms with van der Waals surface area (Å²) in [7, 11) is 3.90. The molecule has 128 valence electrons. The van der Waals surface area contributed by atoms with Crippen molar-refractivity contribution in [2.24, 2.45) is 0 Å². The molecule has 3 nitrogen and oxygen atoms in total. The predicted molar refractivity (Wildman–Crippen MR) is 106 cm³/mol. The lowest BCUT2D eigenvalue weighted by molar-refractivity contribution is 0.362. The maximum Gasteiger partial charge on any atom is 0.119 e. The Hall–Kier alpha value is -2.52. The molecule has 0 saturated heterocycles. The molecule has 0 spiro atoms. The van der Waals surface area contributed by atoms with Crippen LogP contribution in [0.2, 0.25) is 0 Å². The fourth-order valence-electron chi connectivity index (χ4n) is 3.56. The average molecular weight is 332 g/mol. The summed E-state index contributed by atoms with van der Waals surface area (Å²) in [5.74, 6) is 0.891. The first-order valence-electron chi connectivity index (χ1n) is 8.80. The summed E-state index contributed by atoms with van der Waals surface area (Å²) in [5, 5.41) is 3.61. The highest BCUT2D eigenvalue weighted by atomic mass is 16.5. The van der Waals surface area contributed by atoms with Crippen LogP contribution >= 0.6 is 0 Å². The van der Waals surface area contributed by atoms with E-state index in [0.717, 1.165) is 36.6 Å². The molecule has 1 N–H and O–H groups in total. The van der Waals surface area contributed by atoms with Gasteiger partial charge in [-0.05, 0) is 73.5 Å². The Morgan fingerprint density at radius 1 is 1.08 bits per heavy atom. The van der Waals surface area contributed by atoms with E-state index in [0.29, 0.717) is 0 Å². The number of hydrogen-bond acceptors (Lipinski definition) is 3. The van der Waals surface area contributed by atoms with E-state index in [9.17, 15) is 0 Å². The number of ether oxygens (including phenoxy) is 1. The van der Waals surface area contributed by atoms with Crippen molar-refractivity contribution in [3.8, 4) is 5.75 Å². The maximum atomic E-state index is 5.49. The Morgan fingerprint density at radius 3 is 2.68 bits per heavy atom. The number of nitrogens with one attached hydrogen (secondary N) is 1. The molecule has 0 aliphatic carbocycles. The molecule has 2 aromatic carbocycles. The number of benzene rings is 2. The first-order chi connectivity index (χ1) is 12.1. The Balaban J connectivity index is 1.91. The number of likely N-dealkylation sites (N-methyl/N-ethyl adjacent to an activating group) is 1. The summed E-state index contributed by atoms with van der Waals surface area (Å²) < 4.78 is 5.49. The molecule has 2 aromatic rings. The summed E-state index contributed by atoms with van der Waals surface area (Å²) >= 11 is 0. The predicted octanol–water partition coefficient (Wildman–Crippen LogP) is 4.86. The SMILES string of the molecule is COc1ccc2c(c1)C(C1=CCN(C)CC1)=Cc1cc(C)ccc1N2. The largest absolute Gasteiger partial charge is 0.497 e. The van der Waals surface area contributed by atoms with E-state index in [1.54, 1.807) is 7.11 Å². The second-order valence-electron chi connectivity index (χ2n) is 6.93. The monoisotopic (exact) mass is 332 g/mol. The van der Waals surface area contributed by atoms with Gasteiger partial charge in [-0.25, -0.2) is 0 Å². The van der Waals surface area contributed by atoms with Gasteiger partial charge in [0, 0.05) is 30.0 Å². The molecule has 0 saturated carbocycles. The van der Waals surface area contributed by atoms with Crippen molar-refractivity contribution in [3.05, 3.63) is 64.7 Å². The summed E-state index contributed by atoms with van der Waals surface area (Å²) in [4.78, 5) is 2.35. The van der Waals surface area contributed by atoms with Gasteiger partial charge in [-0.2, -0.15) is 0 Å². The molecule has 25 heavy (non-hydrogen) atoms. The van der Waals surface area contributed by atoms with Crippen molar-refractivity contribution in [3.63, 3.8) is 0 Å². The quantitative estimate of drug-likeness (QED) is 0.850. The first-order valence-corrected chi connectivity index (χ1v) is 8.80. The zero-order valence-corrected chi connectivity index (χ0v) is 15.1. The minimum Gasteiger partial charge on any atom is -0.497 e. The van der Waals surface area contributed by atoms with E-state index in [1.165, 1.54) is 27.8 Å². The number of aryl methyl sites for hydroxylation is 1. The molecule has 2 heterocycles. The van der Waals surface area contributed by atoms with Crippen LogP contribution in [0.1, 0.15) is 23.1 Å². The molecule has 2 aliphatic heterocycles. The van der Waals surface area contributed by atoms with Crippen LogP contribution in [-0.2, 0) is 0 Å². The summed E-state index contributed by atoms with van der Waals surface area (Å²) in [6, 6.07) is 12.9. The van der Waals surface area contributed by atoms with Crippen LogP contribution in [0.15, 0.2) is 48.0 Å². The molecule has 0 atom stereocenters. The normalized spacial score (nSPS) is 16.8. The van der Waals surface area contributed by atoms with Gasteiger partial charge in [0.05, 0.1) is 7.11 Å². The number of fused-ring (bicyclic) bond motifs is 2. The number of hydrogen-bond donors (Lipinski definition) is 1. The molecule has 4 rings (SSSR count). The van der Waals surface area contributed by atoms with E-state index in [2.05, 4.69) is 66.7 Å². The summed E-state index contributed by atoms with van der Waals surface area (Å²) in [6.07, 6.45) is 5.76. The number of anilines is 2. The van der Waals surface area contributed by atoms with E-state index in [4.69, 9.17) is 4.74 Å². The molecule has 0 aromatic heterocycles. The van der Waals surface area contributed by atoms with Crippen LogP contribution in [0.5, 0.6) is 5.75 Å². The molecule has 0 amide bonds. The molecular formula is C22H24N2O. The highest BCUT2D eigenvalue weighted by molar-refractivity contribution is 6.00. The van der Waals surface area contributed by atoms with Crippen molar-refractivity contribution >= 4 is 23.0 Å². The zero-order valence-electron chi connectivity index (χ0n) is 15.1. The lowest BCUT2D eigenvalue weighted by atomic mass is 9.91. The van der Waals surface area contributed by atoms with Crippen LogP contribution in [0, 0.1) is 6.92 Å². The second-order valence-corrected chi connectivity index (χ2v) is 6.93. The van der Waals surface area contributed by atoms with Gasteiger partial charge < -0.3 is 15.0 Å². The van der Waals surface area contributed by atoms with Crippen LogP contribution in [0.25, 0.3) is 11.6 Å². The van der Waals surface area contributed by atoms with Crippen molar-refractivity contribution < 1.29 is 4.74 Å². The third kappa shape index (κ3) is 3.08. The second kappa shape index (κ2) is 6.41. The zero-order chi connectivity index (χ0) is 17.4. The average Bonchev–Trinajstić information content (AvgIpc) is 2.78. The number of methoxy groups -OCH3 is 1. The van der Waals surface area contributed by atoms with Gasteiger partial charge in [-0.3, -0.25) is 0 Å². The van der Waals surface area contributed by atoms with Crippen LogP contribution in [0.3, 0.4) is 0 Å². The maximum absolute atomic E-state index is 5.49. The minimum atomic E-state index is 0.891. The van der Waals surface area contributed by atoms with Crippen LogP contribution in [-0.4, -0.2) is 32.1 Å². The lowest BCUT2D eigenvalue weighted by Crippen LogP contribution is -2.24. The van der Waals surface area contributed by atoms with Gasteiger partial charge in [-0.1, -0.05) is 17.7 Å². The van der Waals surface area contributed by atoms with E-state index in [1.807, 2.05) is 6.07 Å². The van der Waals surface area contributed by atoms with Crippen LogP contribution in [0.4, 0.5) is 11.4 Å². The van der Waals surface area contributed by atoms with Crippen molar-refractivity contribution in [2.45, 2.75) is 13.3 Å². The standard InChI is InChI=1S/C22H24N2O/c1-15-4-6-21-17(12-15)13-19(16-8-10-24(2)11-9-16)20-14-18(25-3)5-7-22(20)23-21/h4-8,12-14,23H,9-11H2,1-3H3. The molecule has 0 fully saturated rings.